The number of fused-ring (bicyclic) bond motifs is 4. The van der Waals surface area contributed by atoms with E-state index in [2.05, 4.69) is 5.32 Å². The number of benzene rings is 2. The molecule has 3 aliphatic heterocycles. The summed E-state index contributed by atoms with van der Waals surface area (Å²) in [6.07, 6.45) is 1.67. The maximum atomic E-state index is 13.0. The van der Waals surface area contributed by atoms with Crippen molar-refractivity contribution in [3.63, 3.8) is 0 Å². The summed E-state index contributed by atoms with van der Waals surface area (Å²) in [5.41, 5.74) is 2.29. The van der Waals surface area contributed by atoms with Crippen molar-refractivity contribution in [1.82, 2.24) is 0 Å². The minimum atomic E-state index is -0.441. The molecule has 31 heavy (non-hydrogen) atoms. The van der Waals surface area contributed by atoms with E-state index in [0.29, 0.717) is 66.7 Å². The minimum Gasteiger partial charge on any atom is -0.486 e. The van der Waals surface area contributed by atoms with Crippen LogP contribution in [0.2, 0.25) is 0 Å². The molecule has 3 heterocycles. The first-order valence-corrected chi connectivity index (χ1v) is 10.6. The zero-order valence-electron chi connectivity index (χ0n) is 17.2. The van der Waals surface area contributed by atoms with Crippen molar-refractivity contribution in [1.29, 1.82) is 0 Å². The van der Waals surface area contributed by atoms with Crippen molar-refractivity contribution in [2.24, 2.45) is 0 Å². The molecule has 3 aliphatic rings. The van der Waals surface area contributed by atoms with E-state index in [9.17, 15) is 14.4 Å². The van der Waals surface area contributed by atoms with Crippen molar-refractivity contribution in [3.8, 4) is 11.5 Å². The molecule has 1 fully saturated rings. The topological polar surface area (TPSA) is 88.2 Å². The molecule has 8 heteroatoms. The van der Waals surface area contributed by atoms with Gasteiger partial charge in [0.15, 0.2) is 11.5 Å². The fourth-order valence-electron chi connectivity index (χ4n) is 4.38. The van der Waals surface area contributed by atoms with Gasteiger partial charge in [0.05, 0.1) is 11.4 Å². The number of rotatable bonds is 4. The third kappa shape index (κ3) is 3.28. The molecular formula is C23H23N3O5. The van der Waals surface area contributed by atoms with Crippen LogP contribution in [0.4, 0.5) is 17.1 Å². The molecule has 1 saturated heterocycles. The van der Waals surface area contributed by atoms with Crippen LogP contribution in [0.1, 0.15) is 36.5 Å². The fourth-order valence-corrected chi connectivity index (χ4v) is 4.38. The first-order valence-electron chi connectivity index (χ1n) is 10.6. The average Bonchev–Trinajstić information content (AvgIpc) is 3.18. The first kappa shape index (κ1) is 19.4. The molecule has 2 aromatic carbocycles. The molecule has 2 aromatic rings. The second-order valence-corrected chi connectivity index (χ2v) is 7.82. The Morgan fingerprint density at radius 1 is 1.06 bits per heavy atom. The summed E-state index contributed by atoms with van der Waals surface area (Å²) in [5.74, 6) is 0.802. The van der Waals surface area contributed by atoms with E-state index in [1.54, 1.807) is 46.2 Å². The minimum absolute atomic E-state index is 0.0516. The van der Waals surface area contributed by atoms with Crippen LogP contribution in [0.15, 0.2) is 36.4 Å². The van der Waals surface area contributed by atoms with Crippen molar-refractivity contribution in [2.75, 3.05) is 34.9 Å². The molecular weight excluding hydrogens is 398 g/mol. The van der Waals surface area contributed by atoms with Gasteiger partial charge in [-0.3, -0.25) is 19.3 Å². The zero-order chi connectivity index (χ0) is 21.5. The summed E-state index contributed by atoms with van der Waals surface area (Å²) in [4.78, 5) is 41.7. The highest BCUT2D eigenvalue weighted by atomic mass is 16.6. The number of carbonyl (C=O) groups is 3. The number of nitrogens with one attached hydrogen (secondary N) is 1. The predicted molar refractivity (Wildman–Crippen MR) is 115 cm³/mol. The number of ether oxygens (including phenoxy) is 2. The Labute approximate surface area is 179 Å². The lowest BCUT2D eigenvalue weighted by atomic mass is 10.0. The average molecular weight is 421 g/mol. The predicted octanol–water partition coefficient (Wildman–Crippen LogP) is 2.96. The van der Waals surface area contributed by atoms with Gasteiger partial charge in [-0.05, 0) is 43.2 Å². The Balaban J connectivity index is 1.45. The van der Waals surface area contributed by atoms with Gasteiger partial charge in [0, 0.05) is 30.3 Å². The number of anilines is 3. The Morgan fingerprint density at radius 3 is 2.68 bits per heavy atom. The van der Waals surface area contributed by atoms with E-state index >= 15 is 0 Å². The van der Waals surface area contributed by atoms with Crippen molar-refractivity contribution in [2.45, 2.75) is 32.2 Å². The molecule has 1 atom stereocenters. The van der Waals surface area contributed by atoms with Gasteiger partial charge in [-0.25, -0.2) is 0 Å². The molecule has 0 aromatic heterocycles. The SMILES string of the molecule is CCCN1C(=O)C2CCC(=O)N2c2ccc(C(=O)Nc3ccc4c(c3)OCCO4)cc21. The Morgan fingerprint density at radius 2 is 1.87 bits per heavy atom. The molecule has 160 valence electrons. The lowest BCUT2D eigenvalue weighted by Crippen LogP contribution is -2.52. The lowest BCUT2D eigenvalue weighted by molar-refractivity contribution is -0.122. The fraction of sp³-hybridized carbons (Fsp3) is 0.348. The van der Waals surface area contributed by atoms with E-state index < -0.39 is 6.04 Å². The number of carbonyl (C=O) groups excluding carboxylic acids is 3. The maximum absolute atomic E-state index is 13.0. The van der Waals surface area contributed by atoms with Gasteiger partial charge >= 0.3 is 0 Å². The summed E-state index contributed by atoms with van der Waals surface area (Å²) < 4.78 is 11.1. The molecule has 1 N–H and O–H groups in total. The molecule has 3 amide bonds. The molecule has 8 nitrogen and oxygen atoms in total. The van der Waals surface area contributed by atoms with Gasteiger partial charge in [-0.15, -0.1) is 0 Å². The first-order chi connectivity index (χ1) is 15.1. The summed E-state index contributed by atoms with van der Waals surface area (Å²) in [5, 5.41) is 2.87. The second kappa shape index (κ2) is 7.61. The van der Waals surface area contributed by atoms with Crippen molar-refractivity contribution >= 4 is 34.8 Å². The third-order valence-electron chi connectivity index (χ3n) is 5.80. The highest BCUT2D eigenvalue weighted by Crippen LogP contribution is 2.41. The monoisotopic (exact) mass is 421 g/mol. The number of hydrogen-bond donors (Lipinski definition) is 1. The zero-order valence-corrected chi connectivity index (χ0v) is 17.2. The van der Waals surface area contributed by atoms with E-state index in [4.69, 9.17) is 9.47 Å². The number of nitrogens with zero attached hydrogens (tertiary/aromatic N) is 2. The van der Waals surface area contributed by atoms with Crippen LogP contribution < -0.4 is 24.6 Å². The number of hydrogen-bond acceptors (Lipinski definition) is 5. The smallest absolute Gasteiger partial charge is 0.255 e. The van der Waals surface area contributed by atoms with Crippen LogP contribution in [0.5, 0.6) is 11.5 Å². The van der Waals surface area contributed by atoms with Crippen LogP contribution in [0.25, 0.3) is 0 Å². The summed E-state index contributed by atoms with van der Waals surface area (Å²) in [6.45, 7) is 3.50. The molecule has 1 unspecified atom stereocenters. The molecule has 0 bridgehead atoms. The lowest BCUT2D eigenvalue weighted by Gasteiger charge is -2.38. The largest absolute Gasteiger partial charge is 0.486 e. The highest BCUT2D eigenvalue weighted by molar-refractivity contribution is 6.16. The molecule has 0 saturated carbocycles. The quantitative estimate of drug-likeness (QED) is 0.820. The van der Waals surface area contributed by atoms with Gasteiger partial charge in [0.1, 0.15) is 19.3 Å². The summed E-state index contributed by atoms with van der Waals surface area (Å²) in [6, 6.07) is 9.95. The maximum Gasteiger partial charge on any atom is 0.255 e. The van der Waals surface area contributed by atoms with Crippen LogP contribution in [-0.4, -0.2) is 43.5 Å². The van der Waals surface area contributed by atoms with Gasteiger partial charge in [0.2, 0.25) is 11.8 Å². The molecule has 5 rings (SSSR count). The Bertz CT molecular complexity index is 1080. The number of amides is 3. The van der Waals surface area contributed by atoms with Gasteiger partial charge < -0.3 is 19.7 Å². The second-order valence-electron chi connectivity index (χ2n) is 7.82. The van der Waals surface area contributed by atoms with E-state index in [-0.39, 0.29) is 17.7 Å². The Hall–Kier alpha value is -3.55. The third-order valence-corrected chi connectivity index (χ3v) is 5.80. The van der Waals surface area contributed by atoms with E-state index in [0.717, 1.165) is 6.42 Å². The normalized spacial score (nSPS) is 19.2. The van der Waals surface area contributed by atoms with Crippen LogP contribution in [-0.2, 0) is 9.59 Å². The highest BCUT2D eigenvalue weighted by Gasteiger charge is 2.44. The van der Waals surface area contributed by atoms with E-state index in [1.165, 1.54) is 0 Å². The van der Waals surface area contributed by atoms with Crippen molar-refractivity contribution in [3.05, 3.63) is 42.0 Å². The summed E-state index contributed by atoms with van der Waals surface area (Å²) in [7, 11) is 0. The Kier molecular flexibility index (Phi) is 4.77. The van der Waals surface area contributed by atoms with Gasteiger partial charge in [0.25, 0.3) is 5.91 Å². The summed E-state index contributed by atoms with van der Waals surface area (Å²) >= 11 is 0. The van der Waals surface area contributed by atoms with Crippen LogP contribution >= 0.6 is 0 Å². The van der Waals surface area contributed by atoms with Crippen LogP contribution in [0, 0.1) is 0 Å². The molecule has 0 radical (unpaired) electrons. The molecule has 0 spiro atoms. The van der Waals surface area contributed by atoms with Gasteiger partial charge in [-0.2, -0.15) is 0 Å². The molecule has 0 aliphatic carbocycles. The van der Waals surface area contributed by atoms with Gasteiger partial charge in [-0.1, -0.05) is 6.92 Å². The van der Waals surface area contributed by atoms with Crippen molar-refractivity contribution < 1.29 is 23.9 Å². The van der Waals surface area contributed by atoms with Crippen LogP contribution in [0.3, 0.4) is 0 Å². The van der Waals surface area contributed by atoms with E-state index in [1.807, 2.05) is 6.92 Å². The standard InChI is InChI=1S/C23H23N3O5/c1-2-9-25-18-12-14(3-5-16(18)26-17(23(25)29)6-8-21(26)27)22(28)24-15-4-7-19-20(13-15)31-11-10-30-19/h3-5,7,12-13,17H,2,6,8-11H2,1H3,(H,24,28).